The molecule has 3 amide bonds. The molecule has 0 unspecified atom stereocenters. The zero-order valence-electron chi connectivity index (χ0n) is 22.9. The van der Waals surface area contributed by atoms with Crippen LogP contribution < -0.4 is 20.7 Å². The number of carbonyl (C=O) groups excluding carboxylic acids is 4. The summed E-state index contributed by atoms with van der Waals surface area (Å²) in [5.74, 6) is -6.64. The number of ketones is 1. The molecule has 0 heterocycles. The van der Waals surface area contributed by atoms with Gasteiger partial charge in [-0.2, -0.15) is 26.3 Å². The number of alkyl halides is 6. The molecule has 0 saturated heterocycles. The zero-order chi connectivity index (χ0) is 31.2. The van der Waals surface area contributed by atoms with Gasteiger partial charge in [0.15, 0.2) is 0 Å². The van der Waals surface area contributed by atoms with Crippen LogP contribution in [0.1, 0.15) is 51.1 Å². The third-order valence-corrected chi connectivity index (χ3v) is 6.91. The van der Waals surface area contributed by atoms with Gasteiger partial charge in [-0.05, 0) is 36.5 Å². The molecular formula is C26H33F6N3O6. The molecule has 0 aromatic heterocycles. The fourth-order valence-electron chi connectivity index (χ4n) is 4.55. The van der Waals surface area contributed by atoms with Gasteiger partial charge in [0.2, 0.25) is 17.7 Å². The van der Waals surface area contributed by atoms with Crippen molar-refractivity contribution in [3.8, 4) is 5.75 Å². The van der Waals surface area contributed by atoms with Crippen molar-refractivity contribution in [3.63, 3.8) is 0 Å². The van der Waals surface area contributed by atoms with E-state index in [1.54, 1.807) is 0 Å². The molecule has 230 valence electrons. The molecule has 1 aliphatic carbocycles. The van der Waals surface area contributed by atoms with Crippen molar-refractivity contribution in [1.82, 2.24) is 16.0 Å². The molecule has 1 fully saturated rings. The lowest BCUT2D eigenvalue weighted by atomic mass is 9.84. The largest absolute Gasteiger partial charge is 0.497 e. The van der Waals surface area contributed by atoms with Crippen molar-refractivity contribution in [2.45, 2.75) is 70.0 Å². The van der Waals surface area contributed by atoms with E-state index in [0.29, 0.717) is 5.75 Å². The highest BCUT2D eigenvalue weighted by atomic mass is 19.4. The Labute approximate surface area is 232 Å². The van der Waals surface area contributed by atoms with Crippen molar-refractivity contribution < 1.29 is 55.0 Å². The van der Waals surface area contributed by atoms with E-state index in [-0.39, 0.29) is 18.4 Å². The van der Waals surface area contributed by atoms with Gasteiger partial charge < -0.3 is 25.4 Å². The van der Waals surface area contributed by atoms with Gasteiger partial charge in [-0.25, -0.2) is 0 Å². The van der Waals surface area contributed by atoms with Crippen LogP contribution in [0.25, 0.3) is 0 Å². The van der Waals surface area contributed by atoms with Crippen LogP contribution in [-0.2, 0) is 23.9 Å². The number of carbonyl (C=O) groups is 4. The minimum Gasteiger partial charge on any atom is -0.497 e. The smallest absolute Gasteiger partial charge is 0.452 e. The lowest BCUT2D eigenvalue weighted by Crippen LogP contribution is -2.58. The molecule has 0 spiro atoms. The number of methoxy groups -OCH3 is 2. The normalized spacial score (nSPS) is 17.3. The summed E-state index contributed by atoms with van der Waals surface area (Å²) in [5, 5.41) is 6.35. The topological polar surface area (TPSA) is 123 Å². The molecule has 1 aromatic rings. The fourth-order valence-corrected chi connectivity index (χ4v) is 4.55. The maximum atomic E-state index is 13.9. The summed E-state index contributed by atoms with van der Waals surface area (Å²) in [5.41, 5.74) is -2.65. The van der Waals surface area contributed by atoms with Gasteiger partial charge in [-0.1, -0.05) is 38.8 Å². The van der Waals surface area contributed by atoms with Gasteiger partial charge in [0.1, 0.15) is 23.2 Å². The summed E-state index contributed by atoms with van der Waals surface area (Å²) in [4.78, 5) is 51.3. The molecule has 3 N–H and O–H groups in total. The van der Waals surface area contributed by atoms with E-state index < -0.39 is 84.8 Å². The van der Waals surface area contributed by atoms with E-state index in [9.17, 15) is 45.5 Å². The maximum Gasteiger partial charge on any atom is 0.452 e. The van der Waals surface area contributed by atoms with Crippen molar-refractivity contribution in [2.75, 3.05) is 20.8 Å². The molecule has 9 nitrogen and oxygen atoms in total. The highest BCUT2D eigenvalue weighted by Crippen LogP contribution is 2.50. The lowest BCUT2D eigenvalue weighted by molar-refractivity contribution is -0.220. The molecule has 1 saturated carbocycles. The molecule has 0 aliphatic heterocycles. The molecule has 15 heteroatoms. The minimum atomic E-state index is -5.26. The molecule has 0 bridgehead atoms. The maximum absolute atomic E-state index is 13.9. The Hall–Kier alpha value is -3.36. The number of hydrogen-bond acceptors (Lipinski definition) is 6. The molecular weight excluding hydrogens is 564 g/mol. The number of rotatable bonds is 12. The monoisotopic (exact) mass is 597 g/mol. The van der Waals surface area contributed by atoms with Crippen LogP contribution in [0, 0.1) is 11.3 Å². The van der Waals surface area contributed by atoms with E-state index in [4.69, 9.17) is 9.47 Å². The Morgan fingerprint density at radius 2 is 1.44 bits per heavy atom. The zero-order valence-corrected chi connectivity index (χ0v) is 22.9. The summed E-state index contributed by atoms with van der Waals surface area (Å²) in [6.07, 6.45) is -10.8. The Morgan fingerprint density at radius 1 is 0.878 bits per heavy atom. The third kappa shape index (κ3) is 8.11. The van der Waals surface area contributed by atoms with E-state index in [1.165, 1.54) is 45.2 Å². The first-order chi connectivity index (χ1) is 19.0. The first-order valence-electron chi connectivity index (χ1n) is 12.7. The van der Waals surface area contributed by atoms with E-state index in [2.05, 4.69) is 10.6 Å². The number of ether oxygens (including phenoxy) is 2. The number of Topliss-reactive ketones (excluding diaryl/α,β-unsaturated/α-hetero) is 1. The predicted octanol–water partition coefficient (Wildman–Crippen LogP) is 3.38. The summed E-state index contributed by atoms with van der Waals surface area (Å²) in [7, 11) is 2.48. The second-order valence-corrected chi connectivity index (χ2v) is 10.1. The van der Waals surface area contributed by atoms with Crippen LogP contribution in [0.15, 0.2) is 24.3 Å². The molecule has 0 radical (unpaired) electrons. The summed E-state index contributed by atoms with van der Waals surface area (Å²) in [6, 6.07) is 0.0204. The van der Waals surface area contributed by atoms with Crippen molar-refractivity contribution >= 4 is 23.5 Å². The molecule has 1 aliphatic rings. The summed E-state index contributed by atoms with van der Waals surface area (Å²) in [6.45, 7) is 1.97. The SMILES string of the molecule is COC[C@H](NC(=O)C1(C(F)(F)F)CCCC1)C(=O)N[C@H](C(=O)N[C@H](C(=O)C(F)(F)F)C(C)C)c1ccc(OC)cc1. The Bertz CT molecular complexity index is 1080. The first kappa shape index (κ1) is 33.8. The second kappa shape index (κ2) is 13.5. The van der Waals surface area contributed by atoms with Crippen LogP contribution in [0.2, 0.25) is 0 Å². The lowest BCUT2D eigenvalue weighted by Gasteiger charge is -2.32. The van der Waals surface area contributed by atoms with E-state index >= 15 is 0 Å². The number of nitrogens with one attached hydrogen (secondary N) is 3. The Kier molecular flexibility index (Phi) is 11.2. The predicted molar refractivity (Wildman–Crippen MR) is 132 cm³/mol. The van der Waals surface area contributed by atoms with Gasteiger partial charge in [0, 0.05) is 7.11 Å². The van der Waals surface area contributed by atoms with Gasteiger partial charge >= 0.3 is 12.4 Å². The van der Waals surface area contributed by atoms with Crippen LogP contribution in [0.3, 0.4) is 0 Å². The van der Waals surface area contributed by atoms with Crippen molar-refractivity contribution in [3.05, 3.63) is 29.8 Å². The fraction of sp³-hybridized carbons (Fsp3) is 0.615. The minimum absolute atomic E-state index is 0.0451. The number of hydrogen-bond donors (Lipinski definition) is 3. The molecule has 2 rings (SSSR count). The van der Waals surface area contributed by atoms with Gasteiger partial charge in [0.25, 0.3) is 5.78 Å². The van der Waals surface area contributed by atoms with Crippen molar-refractivity contribution in [1.29, 1.82) is 0 Å². The highest BCUT2D eigenvalue weighted by Gasteiger charge is 2.61. The van der Waals surface area contributed by atoms with E-state index in [0.717, 1.165) is 7.11 Å². The molecule has 3 atom stereocenters. The van der Waals surface area contributed by atoms with Crippen LogP contribution >= 0.6 is 0 Å². The number of halogens is 6. The van der Waals surface area contributed by atoms with Gasteiger partial charge in [-0.3, -0.25) is 19.2 Å². The average molecular weight is 598 g/mol. The van der Waals surface area contributed by atoms with Crippen LogP contribution in [-0.4, -0.2) is 68.8 Å². The summed E-state index contributed by atoms with van der Waals surface area (Å²) < 4.78 is 91.1. The Morgan fingerprint density at radius 3 is 1.88 bits per heavy atom. The third-order valence-electron chi connectivity index (χ3n) is 6.91. The highest BCUT2D eigenvalue weighted by molar-refractivity contribution is 5.97. The quantitative estimate of drug-likeness (QED) is 0.318. The molecule has 41 heavy (non-hydrogen) atoms. The van der Waals surface area contributed by atoms with E-state index in [1.807, 2.05) is 5.32 Å². The van der Waals surface area contributed by atoms with Crippen LogP contribution in [0.5, 0.6) is 5.75 Å². The summed E-state index contributed by atoms with van der Waals surface area (Å²) >= 11 is 0. The van der Waals surface area contributed by atoms with Crippen molar-refractivity contribution in [2.24, 2.45) is 11.3 Å². The second-order valence-electron chi connectivity index (χ2n) is 10.1. The van der Waals surface area contributed by atoms with Crippen LogP contribution in [0.4, 0.5) is 26.3 Å². The molecule has 1 aromatic carbocycles. The first-order valence-corrected chi connectivity index (χ1v) is 12.7. The van der Waals surface area contributed by atoms with Gasteiger partial charge in [-0.15, -0.1) is 0 Å². The standard InChI is InChI=1S/C26H33F6N3O6/c1-14(2)18(20(36)25(27,28)29)34-22(38)19(15-7-9-16(41-4)10-8-15)35-21(37)17(13-40-3)33-23(39)24(26(30,31)32)11-5-6-12-24/h7-10,14,17-19H,5-6,11-13H2,1-4H3,(H,33,39)(H,34,38)(H,35,37)/t17-,18-,19-/m0/s1. The Balaban J connectivity index is 2.39. The number of benzene rings is 1. The van der Waals surface area contributed by atoms with Gasteiger partial charge in [0.05, 0.1) is 19.8 Å². The number of amides is 3. The average Bonchev–Trinajstić information content (AvgIpc) is 3.41.